The van der Waals surface area contributed by atoms with Crippen molar-refractivity contribution in [3.63, 3.8) is 0 Å². The number of nitrogens with two attached hydrogens (primary N) is 1. The summed E-state index contributed by atoms with van der Waals surface area (Å²) in [5.41, 5.74) is 6.59. The van der Waals surface area contributed by atoms with Crippen LogP contribution in [0.15, 0.2) is 24.3 Å². The molecule has 0 amide bonds. The largest absolute Gasteiger partial charge is 0.481 e. The van der Waals surface area contributed by atoms with E-state index in [0.29, 0.717) is 12.2 Å². The zero-order chi connectivity index (χ0) is 12.7. The Morgan fingerprint density at radius 1 is 1.47 bits per heavy atom. The molecule has 0 aliphatic heterocycles. The van der Waals surface area contributed by atoms with Gasteiger partial charge in [-0.25, -0.2) is 0 Å². The van der Waals surface area contributed by atoms with Crippen molar-refractivity contribution in [2.24, 2.45) is 5.73 Å². The Bertz CT molecular complexity index is 406. The van der Waals surface area contributed by atoms with Gasteiger partial charge in [-0.2, -0.15) is 0 Å². The van der Waals surface area contributed by atoms with Gasteiger partial charge in [0.1, 0.15) is 18.4 Å². The summed E-state index contributed by atoms with van der Waals surface area (Å²) in [6, 6.07) is 6.62. The number of benzene rings is 1. The zero-order valence-corrected chi connectivity index (χ0v) is 9.68. The van der Waals surface area contributed by atoms with Gasteiger partial charge >= 0.3 is 5.97 Å². The molecule has 0 aliphatic rings. The second kappa shape index (κ2) is 6.56. The molecule has 0 heterocycles. The second-order valence-corrected chi connectivity index (χ2v) is 3.47. The third-order valence-corrected chi connectivity index (χ3v) is 2.21. The molecular formula is C13H15NO3. The van der Waals surface area contributed by atoms with E-state index in [9.17, 15) is 4.79 Å². The van der Waals surface area contributed by atoms with Gasteiger partial charge in [0.05, 0.1) is 7.11 Å². The Morgan fingerprint density at radius 3 is 2.65 bits per heavy atom. The van der Waals surface area contributed by atoms with Gasteiger partial charge in [-0.1, -0.05) is 18.1 Å². The van der Waals surface area contributed by atoms with Crippen molar-refractivity contribution in [1.82, 2.24) is 0 Å². The number of terminal acetylenes is 1. The molecule has 1 aromatic carbocycles. The molecule has 0 aliphatic carbocycles. The van der Waals surface area contributed by atoms with Crippen LogP contribution in [0.5, 0.6) is 5.75 Å². The Hall–Kier alpha value is -1.99. The maximum Gasteiger partial charge on any atom is 0.322 e. The first kappa shape index (κ1) is 13.1. The molecule has 0 fully saturated rings. The van der Waals surface area contributed by atoms with E-state index in [1.807, 2.05) is 12.1 Å². The van der Waals surface area contributed by atoms with Crippen molar-refractivity contribution < 1.29 is 14.3 Å². The fourth-order valence-electron chi connectivity index (χ4n) is 1.34. The molecule has 0 bridgehead atoms. The number of ether oxygens (including phenoxy) is 2. The van der Waals surface area contributed by atoms with Gasteiger partial charge in [0, 0.05) is 0 Å². The summed E-state index contributed by atoms with van der Waals surface area (Å²) in [5, 5.41) is 0. The monoisotopic (exact) mass is 233 g/mol. The number of carbonyl (C=O) groups excluding carboxylic acids is 1. The first-order valence-corrected chi connectivity index (χ1v) is 5.16. The molecule has 4 nitrogen and oxygen atoms in total. The maximum absolute atomic E-state index is 11.1. The molecule has 1 unspecified atom stereocenters. The number of hydrogen-bond donors (Lipinski definition) is 1. The summed E-state index contributed by atoms with van der Waals surface area (Å²) in [4.78, 5) is 11.1. The van der Waals surface area contributed by atoms with Crippen molar-refractivity contribution in [1.29, 1.82) is 0 Å². The van der Waals surface area contributed by atoms with Crippen LogP contribution in [0.1, 0.15) is 5.56 Å². The third kappa shape index (κ3) is 4.17. The fourth-order valence-corrected chi connectivity index (χ4v) is 1.34. The highest BCUT2D eigenvalue weighted by atomic mass is 16.5. The van der Waals surface area contributed by atoms with Crippen LogP contribution in [0.25, 0.3) is 0 Å². The number of carbonyl (C=O) groups is 1. The highest BCUT2D eigenvalue weighted by Crippen LogP contribution is 2.13. The minimum absolute atomic E-state index is 0.237. The smallest absolute Gasteiger partial charge is 0.322 e. The molecule has 1 atom stereocenters. The third-order valence-electron chi connectivity index (χ3n) is 2.21. The van der Waals surface area contributed by atoms with Gasteiger partial charge < -0.3 is 15.2 Å². The average Bonchev–Trinajstić information content (AvgIpc) is 2.37. The van der Waals surface area contributed by atoms with E-state index in [0.717, 1.165) is 5.56 Å². The normalized spacial score (nSPS) is 11.4. The van der Waals surface area contributed by atoms with Gasteiger partial charge in [-0.15, -0.1) is 6.42 Å². The van der Waals surface area contributed by atoms with Crippen molar-refractivity contribution in [2.45, 2.75) is 12.5 Å². The van der Waals surface area contributed by atoms with E-state index >= 15 is 0 Å². The van der Waals surface area contributed by atoms with Crippen LogP contribution in [-0.2, 0) is 16.0 Å². The van der Waals surface area contributed by atoms with Gasteiger partial charge in [0.15, 0.2) is 0 Å². The molecule has 0 aromatic heterocycles. The summed E-state index contributed by atoms with van der Waals surface area (Å²) in [6.07, 6.45) is 5.51. The van der Waals surface area contributed by atoms with Crippen LogP contribution < -0.4 is 10.5 Å². The molecule has 1 aromatic rings. The Balaban J connectivity index is 2.56. The Labute approximate surface area is 101 Å². The summed E-state index contributed by atoms with van der Waals surface area (Å²) >= 11 is 0. The summed E-state index contributed by atoms with van der Waals surface area (Å²) < 4.78 is 9.78. The first-order chi connectivity index (χ1) is 8.17. The lowest BCUT2D eigenvalue weighted by atomic mass is 10.1. The Morgan fingerprint density at radius 2 is 2.12 bits per heavy atom. The molecule has 0 radical (unpaired) electrons. The van der Waals surface area contributed by atoms with Crippen molar-refractivity contribution in [2.75, 3.05) is 13.7 Å². The minimum atomic E-state index is -0.641. The van der Waals surface area contributed by atoms with Gasteiger partial charge in [-0.3, -0.25) is 4.79 Å². The van der Waals surface area contributed by atoms with E-state index in [1.165, 1.54) is 7.11 Å². The highest BCUT2D eigenvalue weighted by Gasteiger charge is 2.13. The minimum Gasteiger partial charge on any atom is -0.481 e. The van der Waals surface area contributed by atoms with Crippen molar-refractivity contribution >= 4 is 5.97 Å². The number of esters is 1. The standard InChI is InChI=1S/C13H15NO3/c1-3-8-17-11-6-4-10(5-7-11)9-12(14)13(15)16-2/h1,4-7,12H,8-9,14H2,2H3. The van der Waals surface area contributed by atoms with E-state index in [1.54, 1.807) is 12.1 Å². The lowest BCUT2D eigenvalue weighted by molar-refractivity contribution is -0.142. The molecule has 4 heteroatoms. The van der Waals surface area contributed by atoms with Crippen LogP contribution in [-0.4, -0.2) is 25.7 Å². The van der Waals surface area contributed by atoms with E-state index < -0.39 is 12.0 Å². The molecule has 0 spiro atoms. The number of methoxy groups -OCH3 is 1. The topological polar surface area (TPSA) is 61.5 Å². The summed E-state index contributed by atoms with van der Waals surface area (Å²) in [6.45, 7) is 0.237. The summed E-state index contributed by atoms with van der Waals surface area (Å²) in [5.74, 6) is 2.66. The van der Waals surface area contributed by atoms with Crippen LogP contribution >= 0.6 is 0 Å². The maximum atomic E-state index is 11.1. The van der Waals surface area contributed by atoms with Crippen LogP contribution in [0.4, 0.5) is 0 Å². The lowest BCUT2D eigenvalue weighted by Crippen LogP contribution is -2.33. The molecule has 17 heavy (non-hydrogen) atoms. The van der Waals surface area contributed by atoms with Crippen LogP contribution in [0, 0.1) is 12.3 Å². The predicted molar refractivity (Wildman–Crippen MR) is 64.5 cm³/mol. The molecule has 1 rings (SSSR count). The lowest BCUT2D eigenvalue weighted by Gasteiger charge is -2.09. The molecule has 0 saturated carbocycles. The van der Waals surface area contributed by atoms with Gasteiger partial charge in [-0.05, 0) is 24.1 Å². The van der Waals surface area contributed by atoms with Crippen LogP contribution in [0.3, 0.4) is 0 Å². The SMILES string of the molecule is C#CCOc1ccc(CC(N)C(=O)OC)cc1. The Kier molecular flexibility index (Phi) is 5.05. The van der Waals surface area contributed by atoms with Crippen molar-refractivity contribution in [3.05, 3.63) is 29.8 Å². The van der Waals surface area contributed by atoms with Crippen LogP contribution in [0.2, 0.25) is 0 Å². The first-order valence-electron chi connectivity index (χ1n) is 5.16. The molecule has 2 N–H and O–H groups in total. The quantitative estimate of drug-likeness (QED) is 0.602. The zero-order valence-electron chi connectivity index (χ0n) is 9.68. The number of rotatable bonds is 5. The van der Waals surface area contributed by atoms with Gasteiger partial charge in [0.25, 0.3) is 0 Å². The van der Waals surface area contributed by atoms with Gasteiger partial charge in [0.2, 0.25) is 0 Å². The average molecular weight is 233 g/mol. The van der Waals surface area contributed by atoms with E-state index in [4.69, 9.17) is 16.9 Å². The second-order valence-electron chi connectivity index (χ2n) is 3.47. The molecular weight excluding hydrogens is 218 g/mol. The predicted octanol–water partition coefficient (Wildman–Crippen LogP) is 0.741. The van der Waals surface area contributed by atoms with E-state index in [2.05, 4.69) is 10.7 Å². The fraction of sp³-hybridized carbons (Fsp3) is 0.308. The van der Waals surface area contributed by atoms with E-state index in [-0.39, 0.29) is 6.61 Å². The summed E-state index contributed by atoms with van der Waals surface area (Å²) in [7, 11) is 1.32. The highest BCUT2D eigenvalue weighted by molar-refractivity contribution is 5.75. The number of hydrogen-bond acceptors (Lipinski definition) is 4. The molecule has 0 saturated heterocycles. The van der Waals surface area contributed by atoms with Crippen molar-refractivity contribution in [3.8, 4) is 18.1 Å². The molecule has 90 valence electrons.